The second-order valence-electron chi connectivity index (χ2n) is 5.45. The molecule has 96 valence electrons. The first-order valence-electron chi connectivity index (χ1n) is 5.84. The van der Waals surface area contributed by atoms with Crippen LogP contribution in [0.25, 0.3) is 0 Å². The van der Waals surface area contributed by atoms with Gasteiger partial charge in [-0.2, -0.15) is 5.26 Å². The molecular formula is C13H16BrNO2Si. The van der Waals surface area contributed by atoms with E-state index in [2.05, 4.69) is 41.6 Å². The summed E-state index contributed by atoms with van der Waals surface area (Å²) in [6.45, 7) is 7.09. The monoisotopic (exact) mass is 325 g/mol. The molecule has 0 N–H and O–H groups in total. The SMILES string of the molecule is C[Si](C)(C)O[C@@]1(C#N)COCc2cc(Br)ccc21. The molecule has 18 heavy (non-hydrogen) atoms. The molecule has 0 fully saturated rings. The third-order valence-electron chi connectivity index (χ3n) is 2.73. The van der Waals surface area contributed by atoms with Crippen LogP contribution >= 0.6 is 15.9 Å². The molecule has 1 aromatic rings. The zero-order valence-electron chi connectivity index (χ0n) is 10.8. The lowest BCUT2D eigenvalue weighted by Gasteiger charge is -2.37. The fourth-order valence-corrected chi connectivity index (χ4v) is 3.85. The maximum absolute atomic E-state index is 9.58. The second-order valence-corrected chi connectivity index (χ2v) is 10.8. The summed E-state index contributed by atoms with van der Waals surface area (Å²) in [4.78, 5) is 0. The van der Waals surface area contributed by atoms with Gasteiger partial charge in [0, 0.05) is 10.0 Å². The van der Waals surface area contributed by atoms with Crippen LogP contribution in [-0.2, 0) is 21.4 Å². The molecule has 0 unspecified atom stereocenters. The van der Waals surface area contributed by atoms with Gasteiger partial charge in [-0.25, -0.2) is 0 Å². The summed E-state index contributed by atoms with van der Waals surface area (Å²) in [6.07, 6.45) is 0. The van der Waals surface area contributed by atoms with E-state index in [0.717, 1.165) is 15.6 Å². The van der Waals surface area contributed by atoms with E-state index in [9.17, 15) is 5.26 Å². The molecule has 1 atom stereocenters. The van der Waals surface area contributed by atoms with Gasteiger partial charge in [0.15, 0.2) is 13.9 Å². The number of hydrogen-bond acceptors (Lipinski definition) is 3. The van der Waals surface area contributed by atoms with Crippen molar-refractivity contribution in [1.82, 2.24) is 0 Å². The molecule has 0 aliphatic carbocycles. The maximum Gasteiger partial charge on any atom is 0.194 e. The summed E-state index contributed by atoms with van der Waals surface area (Å²) in [5, 5.41) is 9.58. The molecule has 0 radical (unpaired) electrons. The maximum atomic E-state index is 9.58. The quantitative estimate of drug-likeness (QED) is 0.781. The Morgan fingerprint density at radius 3 is 2.78 bits per heavy atom. The van der Waals surface area contributed by atoms with Crippen molar-refractivity contribution >= 4 is 24.2 Å². The van der Waals surface area contributed by atoms with Gasteiger partial charge in [0.2, 0.25) is 0 Å². The van der Waals surface area contributed by atoms with Gasteiger partial charge in [-0.15, -0.1) is 0 Å². The normalized spacial score (nSPS) is 23.3. The van der Waals surface area contributed by atoms with Crippen LogP contribution in [0.5, 0.6) is 0 Å². The number of rotatable bonds is 2. The second kappa shape index (κ2) is 4.78. The highest BCUT2D eigenvalue weighted by Crippen LogP contribution is 2.36. The highest BCUT2D eigenvalue weighted by molar-refractivity contribution is 9.10. The Morgan fingerprint density at radius 1 is 1.44 bits per heavy atom. The van der Waals surface area contributed by atoms with Crippen LogP contribution in [0.15, 0.2) is 22.7 Å². The molecule has 3 nitrogen and oxygen atoms in total. The molecule has 0 spiro atoms. The van der Waals surface area contributed by atoms with Gasteiger partial charge in [-0.05, 0) is 37.3 Å². The molecule has 0 amide bonds. The molecule has 0 saturated heterocycles. The third-order valence-corrected chi connectivity index (χ3v) is 4.18. The number of hydrogen-bond donors (Lipinski definition) is 0. The highest BCUT2D eigenvalue weighted by atomic mass is 79.9. The predicted octanol–water partition coefficient (Wildman–Crippen LogP) is 3.55. The molecule has 1 aliphatic rings. The van der Waals surface area contributed by atoms with Crippen molar-refractivity contribution in [2.75, 3.05) is 6.61 Å². The van der Waals surface area contributed by atoms with Crippen LogP contribution < -0.4 is 0 Å². The largest absolute Gasteiger partial charge is 0.395 e. The lowest BCUT2D eigenvalue weighted by atomic mass is 9.90. The standard InChI is InChI=1S/C13H16BrNO2Si/c1-18(2,3)17-13(8-15)9-16-7-10-6-11(14)4-5-12(10)13/h4-6H,7,9H2,1-3H3/t13-/m0/s1. The molecule has 1 heterocycles. The summed E-state index contributed by atoms with van der Waals surface area (Å²) < 4.78 is 12.7. The predicted molar refractivity (Wildman–Crippen MR) is 75.5 cm³/mol. The van der Waals surface area contributed by atoms with E-state index in [1.54, 1.807) is 0 Å². The lowest BCUT2D eigenvalue weighted by Crippen LogP contribution is -2.45. The van der Waals surface area contributed by atoms with Gasteiger partial charge < -0.3 is 9.16 Å². The van der Waals surface area contributed by atoms with Crippen molar-refractivity contribution in [1.29, 1.82) is 5.26 Å². The van der Waals surface area contributed by atoms with E-state index < -0.39 is 13.9 Å². The van der Waals surface area contributed by atoms with Crippen LogP contribution in [-0.4, -0.2) is 14.9 Å². The van der Waals surface area contributed by atoms with Gasteiger partial charge in [-0.3, -0.25) is 0 Å². The lowest BCUT2D eigenvalue weighted by molar-refractivity contribution is -0.0241. The van der Waals surface area contributed by atoms with Gasteiger partial charge in [0.25, 0.3) is 0 Å². The molecule has 0 bridgehead atoms. The zero-order chi connectivity index (χ0) is 13.4. The number of benzene rings is 1. The highest BCUT2D eigenvalue weighted by Gasteiger charge is 2.42. The van der Waals surface area contributed by atoms with Gasteiger partial charge in [-0.1, -0.05) is 22.0 Å². The molecular weight excluding hydrogens is 310 g/mol. The van der Waals surface area contributed by atoms with Gasteiger partial charge in [0.1, 0.15) is 6.07 Å². The Morgan fingerprint density at radius 2 is 2.17 bits per heavy atom. The Balaban J connectivity index is 2.50. The topological polar surface area (TPSA) is 42.2 Å². The zero-order valence-corrected chi connectivity index (χ0v) is 13.4. The molecule has 1 aromatic carbocycles. The number of nitrogens with zero attached hydrogens (tertiary/aromatic N) is 1. The molecule has 5 heteroatoms. The van der Waals surface area contributed by atoms with Crippen LogP contribution in [0, 0.1) is 11.3 Å². The Bertz CT molecular complexity index is 507. The summed E-state index contributed by atoms with van der Waals surface area (Å²) in [5.74, 6) is 0. The number of ether oxygens (including phenoxy) is 1. The third kappa shape index (κ3) is 2.67. The minimum absolute atomic E-state index is 0.308. The van der Waals surface area contributed by atoms with Crippen LogP contribution in [0.1, 0.15) is 11.1 Å². The van der Waals surface area contributed by atoms with E-state index in [1.807, 2.05) is 18.2 Å². The summed E-state index contributed by atoms with van der Waals surface area (Å²) in [7, 11) is -1.83. The first kappa shape index (κ1) is 13.8. The van der Waals surface area contributed by atoms with Crippen molar-refractivity contribution in [3.8, 4) is 6.07 Å². The van der Waals surface area contributed by atoms with Crippen LogP contribution in [0.3, 0.4) is 0 Å². The van der Waals surface area contributed by atoms with Gasteiger partial charge in [0.05, 0.1) is 13.2 Å². The van der Waals surface area contributed by atoms with E-state index >= 15 is 0 Å². The number of fused-ring (bicyclic) bond motifs is 1. The fourth-order valence-electron chi connectivity index (χ4n) is 2.18. The number of halogens is 1. The van der Waals surface area contributed by atoms with Crippen LogP contribution in [0.4, 0.5) is 0 Å². The van der Waals surface area contributed by atoms with Crippen LogP contribution in [0.2, 0.25) is 19.6 Å². The van der Waals surface area contributed by atoms with E-state index in [4.69, 9.17) is 9.16 Å². The summed E-state index contributed by atoms with van der Waals surface area (Å²) >= 11 is 3.44. The average Bonchev–Trinajstić information content (AvgIpc) is 2.26. The van der Waals surface area contributed by atoms with Crippen molar-refractivity contribution in [3.63, 3.8) is 0 Å². The van der Waals surface area contributed by atoms with Crippen molar-refractivity contribution in [2.45, 2.75) is 31.8 Å². The summed E-state index contributed by atoms with van der Waals surface area (Å²) in [6, 6.07) is 8.23. The smallest absolute Gasteiger partial charge is 0.194 e. The minimum Gasteiger partial charge on any atom is -0.395 e. The molecule has 0 aromatic heterocycles. The van der Waals surface area contributed by atoms with Crippen molar-refractivity contribution in [3.05, 3.63) is 33.8 Å². The van der Waals surface area contributed by atoms with E-state index in [0.29, 0.717) is 13.2 Å². The molecule has 0 saturated carbocycles. The Kier molecular flexibility index (Phi) is 3.65. The van der Waals surface area contributed by atoms with E-state index in [-0.39, 0.29) is 0 Å². The Labute approximate surface area is 117 Å². The van der Waals surface area contributed by atoms with Crippen molar-refractivity contribution < 1.29 is 9.16 Å². The first-order valence-corrected chi connectivity index (χ1v) is 10.0. The van der Waals surface area contributed by atoms with Gasteiger partial charge >= 0.3 is 0 Å². The first-order chi connectivity index (χ1) is 8.36. The molecule has 1 aliphatic heterocycles. The van der Waals surface area contributed by atoms with E-state index in [1.165, 1.54) is 0 Å². The summed E-state index contributed by atoms with van der Waals surface area (Å²) in [5.41, 5.74) is 1.02. The molecule has 2 rings (SSSR count). The number of nitriles is 1. The minimum atomic E-state index is -1.83. The Hall–Kier alpha value is -0.673. The van der Waals surface area contributed by atoms with Crippen molar-refractivity contribution in [2.24, 2.45) is 0 Å². The fraction of sp³-hybridized carbons (Fsp3) is 0.462. The average molecular weight is 326 g/mol.